The summed E-state index contributed by atoms with van der Waals surface area (Å²) in [5.41, 5.74) is 4.35. The predicted molar refractivity (Wildman–Crippen MR) is 133 cm³/mol. The van der Waals surface area contributed by atoms with E-state index in [9.17, 15) is 10.1 Å². The van der Waals surface area contributed by atoms with Crippen LogP contribution in [0, 0.1) is 17.2 Å². The molecule has 0 aliphatic carbocycles. The summed E-state index contributed by atoms with van der Waals surface area (Å²) < 4.78 is 6.41. The average Bonchev–Trinajstić information content (AvgIpc) is 2.97. The molecule has 0 unspecified atom stereocenters. The first-order chi connectivity index (χ1) is 16.4. The van der Waals surface area contributed by atoms with Gasteiger partial charge in [-0.25, -0.2) is 0 Å². The topological polar surface area (TPSA) is 92.0 Å². The molecule has 0 N–H and O–H groups in total. The van der Waals surface area contributed by atoms with Crippen molar-refractivity contribution in [3.63, 3.8) is 0 Å². The lowest BCUT2D eigenvalue weighted by molar-refractivity contribution is -0.118. The average molecular weight is 474 g/mol. The van der Waals surface area contributed by atoms with Crippen molar-refractivity contribution >= 4 is 23.4 Å². The number of nitrogens with zero attached hydrogens (tertiary/aromatic N) is 5. The van der Waals surface area contributed by atoms with Gasteiger partial charge in [0, 0.05) is 23.8 Å². The first kappa shape index (κ1) is 23.7. The number of nitriles is 1. The molecule has 0 bridgehead atoms. The molecule has 174 valence electrons. The summed E-state index contributed by atoms with van der Waals surface area (Å²) >= 11 is 1.55. The van der Waals surface area contributed by atoms with Gasteiger partial charge in [-0.2, -0.15) is 10.2 Å². The molecule has 1 aliphatic heterocycles. The molecule has 0 radical (unpaired) electrons. The molecular weight excluding hydrogens is 446 g/mol. The van der Waals surface area contributed by atoms with Gasteiger partial charge in [0.1, 0.15) is 0 Å². The van der Waals surface area contributed by atoms with Gasteiger partial charge < -0.3 is 4.74 Å². The molecule has 1 aromatic heterocycles. The van der Waals surface area contributed by atoms with Crippen molar-refractivity contribution in [3.05, 3.63) is 59.2 Å². The normalized spacial score (nSPS) is 14.6. The van der Waals surface area contributed by atoms with Crippen molar-refractivity contribution in [3.8, 4) is 23.2 Å². The van der Waals surface area contributed by atoms with Gasteiger partial charge in [-0.1, -0.05) is 50.7 Å². The fourth-order valence-corrected chi connectivity index (χ4v) is 4.78. The van der Waals surface area contributed by atoms with Crippen LogP contribution in [0.5, 0.6) is 5.88 Å². The van der Waals surface area contributed by atoms with Crippen LogP contribution >= 0.6 is 11.8 Å². The van der Waals surface area contributed by atoms with Crippen LogP contribution in [0.15, 0.2) is 47.6 Å². The van der Waals surface area contributed by atoms with Gasteiger partial charge in [-0.3, -0.25) is 9.69 Å². The fraction of sp³-hybridized carbons (Fsp3) is 0.346. The maximum Gasteiger partial charge on any atom is 0.247 e. The predicted octanol–water partition coefficient (Wildman–Crippen LogP) is 5.55. The second-order valence-corrected chi connectivity index (χ2v) is 9.64. The highest BCUT2D eigenvalue weighted by molar-refractivity contribution is 7.99. The largest absolute Gasteiger partial charge is 0.447 e. The van der Waals surface area contributed by atoms with Crippen molar-refractivity contribution in [1.29, 1.82) is 5.26 Å². The van der Waals surface area contributed by atoms with E-state index in [2.05, 4.69) is 37.0 Å². The van der Waals surface area contributed by atoms with Crippen molar-refractivity contribution < 1.29 is 9.53 Å². The molecule has 0 spiro atoms. The number of rotatable bonds is 6. The Bertz CT molecular complexity index is 1240. The van der Waals surface area contributed by atoms with E-state index >= 15 is 0 Å². The number of amides is 1. The highest BCUT2D eigenvalue weighted by Crippen LogP contribution is 2.44. The first-order valence-corrected chi connectivity index (χ1v) is 12.4. The number of aromatic nitrogens is 3. The summed E-state index contributed by atoms with van der Waals surface area (Å²) in [7, 11) is 0. The zero-order chi connectivity index (χ0) is 24.2. The lowest BCUT2D eigenvalue weighted by Gasteiger charge is -2.30. The number of hydrogen-bond donors (Lipinski definition) is 0. The number of fused-ring (bicyclic) bond motifs is 3. The maximum atomic E-state index is 12.9. The summed E-state index contributed by atoms with van der Waals surface area (Å²) in [5.74, 6) is 1.64. The highest BCUT2D eigenvalue weighted by atomic mass is 32.2. The second kappa shape index (κ2) is 10.2. The zero-order valence-electron chi connectivity index (χ0n) is 19.8. The summed E-state index contributed by atoms with van der Waals surface area (Å²) in [6.45, 7) is 7.96. The summed E-state index contributed by atoms with van der Waals surface area (Å²) in [6, 6.07) is 15.1. The van der Waals surface area contributed by atoms with E-state index in [4.69, 9.17) is 9.72 Å². The van der Waals surface area contributed by atoms with E-state index in [1.807, 2.05) is 18.2 Å². The van der Waals surface area contributed by atoms with Gasteiger partial charge >= 0.3 is 0 Å². The Morgan fingerprint density at radius 3 is 2.62 bits per heavy atom. The van der Waals surface area contributed by atoms with E-state index in [1.165, 1.54) is 6.92 Å². The fourth-order valence-electron chi connectivity index (χ4n) is 3.76. The Balaban J connectivity index is 1.85. The Hall–Kier alpha value is -3.44. The monoisotopic (exact) mass is 473 g/mol. The number of ether oxygens (including phenoxy) is 1. The molecule has 0 saturated carbocycles. The van der Waals surface area contributed by atoms with Gasteiger partial charge in [0.2, 0.25) is 23.2 Å². The minimum atomic E-state index is -0.761. The zero-order valence-corrected chi connectivity index (χ0v) is 20.6. The van der Waals surface area contributed by atoms with E-state index in [0.29, 0.717) is 33.9 Å². The number of aryl methyl sites for hydroxylation is 1. The Morgan fingerprint density at radius 2 is 1.97 bits per heavy atom. The molecule has 2 aromatic carbocycles. The minimum absolute atomic E-state index is 0.174. The quantitative estimate of drug-likeness (QED) is 0.433. The van der Waals surface area contributed by atoms with Crippen LogP contribution in [0.2, 0.25) is 0 Å². The lowest BCUT2D eigenvalue weighted by atomic mass is 10.0. The van der Waals surface area contributed by atoms with Crippen LogP contribution in [0.3, 0.4) is 0 Å². The molecule has 34 heavy (non-hydrogen) atoms. The number of benzene rings is 2. The van der Waals surface area contributed by atoms with Crippen molar-refractivity contribution in [2.75, 3.05) is 10.7 Å². The Morgan fingerprint density at radius 1 is 1.21 bits per heavy atom. The third-order valence-electron chi connectivity index (χ3n) is 5.67. The summed E-state index contributed by atoms with van der Waals surface area (Å²) in [6.07, 6.45) is 1.12. The van der Waals surface area contributed by atoms with Crippen LogP contribution in [-0.2, 0) is 11.2 Å². The molecule has 1 aliphatic rings. The molecule has 3 aromatic rings. The van der Waals surface area contributed by atoms with E-state index < -0.39 is 6.23 Å². The summed E-state index contributed by atoms with van der Waals surface area (Å²) in [5, 5.41) is 18.6. The number of anilines is 1. The highest BCUT2D eigenvalue weighted by Gasteiger charge is 2.34. The Kier molecular flexibility index (Phi) is 7.13. The van der Waals surface area contributed by atoms with Crippen molar-refractivity contribution in [1.82, 2.24) is 15.2 Å². The number of thioether (sulfide) groups is 1. The summed E-state index contributed by atoms with van der Waals surface area (Å²) in [4.78, 5) is 19.3. The lowest BCUT2D eigenvalue weighted by Crippen LogP contribution is -2.36. The van der Waals surface area contributed by atoms with Crippen molar-refractivity contribution in [2.24, 2.45) is 5.92 Å². The van der Waals surface area contributed by atoms with Crippen LogP contribution in [0.4, 0.5) is 5.69 Å². The van der Waals surface area contributed by atoms with Crippen LogP contribution in [0.25, 0.3) is 11.3 Å². The van der Waals surface area contributed by atoms with E-state index in [-0.39, 0.29) is 5.91 Å². The van der Waals surface area contributed by atoms with E-state index in [1.54, 1.807) is 40.9 Å². The molecule has 7 nitrogen and oxygen atoms in total. The number of hydrogen-bond acceptors (Lipinski definition) is 7. The molecular formula is C26H27N5O2S. The minimum Gasteiger partial charge on any atom is -0.447 e. The maximum absolute atomic E-state index is 12.9. The molecule has 1 amide bonds. The van der Waals surface area contributed by atoms with E-state index in [0.717, 1.165) is 35.3 Å². The number of carbonyl (C=O) groups excluding carboxylic acids is 1. The smallest absolute Gasteiger partial charge is 0.247 e. The molecule has 1 atom stereocenters. The van der Waals surface area contributed by atoms with Gasteiger partial charge in [0.05, 0.1) is 17.3 Å². The first-order valence-electron chi connectivity index (χ1n) is 11.4. The molecule has 0 saturated heterocycles. The van der Waals surface area contributed by atoms with Crippen molar-refractivity contribution in [2.45, 2.75) is 51.9 Å². The Labute approximate surface area is 204 Å². The molecule has 2 heterocycles. The van der Waals surface area contributed by atoms with Gasteiger partial charge in [0.25, 0.3) is 0 Å². The molecule has 4 rings (SSSR count). The van der Waals surface area contributed by atoms with Gasteiger partial charge in [-0.15, -0.1) is 10.2 Å². The van der Waals surface area contributed by atoms with Crippen LogP contribution in [-0.4, -0.2) is 26.8 Å². The number of carbonyl (C=O) groups is 1. The molecule has 0 fully saturated rings. The van der Waals surface area contributed by atoms with Crippen LogP contribution < -0.4 is 9.64 Å². The SMILES string of the molecule is CCc1ccc2c(c1)-c1nnc(SCCC(C)C)nc1O[C@H](c1ccc(C#N)cc1)N2C(C)=O. The van der Waals surface area contributed by atoms with Gasteiger partial charge in [-0.05, 0) is 48.6 Å². The molecule has 8 heteroatoms. The second-order valence-electron chi connectivity index (χ2n) is 8.58. The third-order valence-corrected chi connectivity index (χ3v) is 6.54. The third kappa shape index (κ3) is 4.90. The van der Waals surface area contributed by atoms with Gasteiger partial charge in [0.15, 0.2) is 5.69 Å². The van der Waals surface area contributed by atoms with Crippen LogP contribution in [0.1, 0.15) is 57.0 Å². The standard InChI is InChI=1S/C26H27N5O2S/c1-5-18-8-11-22-21(14-18)23-24(28-26(30-29-23)34-13-12-16(2)3)33-25(31(22)17(4)32)20-9-6-19(15-27)7-10-20/h6-11,14,16,25H,5,12-13H2,1-4H3/t25-/m1/s1.